The van der Waals surface area contributed by atoms with E-state index in [4.69, 9.17) is 4.74 Å². The van der Waals surface area contributed by atoms with Gasteiger partial charge in [0.05, 0.1) is 11.0 Å². The first-order chi connectivity index (χ1) is 13.0. The van der Waals surface area contributed by atoms with Gasteiger partial charge in [-0.05, 0) is 43.2 Å². The molecule has 3 heterocycles. The van der Waals surface area contributed by atoms with Crippen LogP contribution in [0.15, 0.2) is 17.5 Å². The van der Waals surface area contributed by atoms with Gasteiger partial charge in [-0.1, -0.05) is 19.9 Å². The molecule has 1 aromatic rings. The molecule has 2 unspecified atom stereocenters. The molecule has 3 rings (SSSR count). The SMILES string of the molecule is CC(C)C(NC(=O)c1cccs1)C(=O)N1CCCN(CC2CCCO2)CC1. The first kappa shape index (κ1) is 20.3. The molecule has 150 valence electrons. The molecular formula is C20H31N3O3S. The van der Waals surface area contributed by atoms with Gasteiger partial charge in [0.1, 0.15) is 6.04 Å². The zero-order chi connectivity index (χ0) is 19.2. The predicted octanol–water partition coefficient (Wildman–Crippen LogP) is 2.22. The van der Waals surface area contributed by atoms with E-state index in [1.54, 1.807) is 6.07 Å². The summed E-state index contributed by atoms with van der Waals surface area (Å²) in [6.45, 7) is 9.14. The number of amides is 2. The molecule has 2 atom stereocenters. The Bertz CT molecular complexity index is 614. The maximum absolute atomic E-state index is 13.1. The molecule has 27 heavy (non-hydrogen) atoms. The van der Waals surface area contributed by atoms with Crippen molar-refractivity contribution in [3.8, 4) is 0 Å². The average molecular weight is 394 g/mol. The van der Waals surface area contributed by atoms with E-state index in [0.29, 0.717) is 17.5 Å². The van der Waals surface area contributed by atoms with Gasteiger partial charge in [0.2, 0.25) is 5.91 Å². The van der Waals surface area contributed by atoms with E-state index < -0.39 is 6.04 Å². The molecule has 0 spiro atoms. The van der Waals surface area contributed by atoms with Crippen LogP contribution in [0.25, 0.3) is 0 Å². The quantitative estimate of drug-likeness (QED) is 0.805. The number of nitrogens with one attached hydrogen (secondary N) is 1. The van der Waals surface area contributed by atoms with E-state index in [2.05, 4.69) is 10.2 Å². The Morgan fingerprint density at radius 2 is 2.11 bits per heavy atom. The highest BCUT2D eigenvalue weighted by atomic mass is 32.1. The number of rotatable bonds is 6. The van der Waals surface area contributed by atoms with Crippen molar-refractivity contribution < 1.29 is 14.3 Å². The number of thiophene rings is 1. The Labute approximate surface area is 165 Å². The topological polar surface area (TPSA) is 61.9 Å². The number of hydrogen-bond donors (Lipinski definition) is 1. The van der Waals surface area contributed by atoms with Crippen molar-refractivity contribution >= 4 is 23.2 Å². The van der Waals surface area contributed by atoms with Crippen LogP contribution >= 0.6 is 11.3 Å². The summed E-state index contributed by atoms with van der Waals surface area (Å²) in [5.74, 6) is -0.0755. The van der Waals surface area contributed by atoms with E-state index in [1.165, 1.54) is 11.3 Å². The average Bonchev–Trinajstić information content (AvgIpc) is 3.30. The molecule has 7 heteroatoms. The lowest BCUT2D eigenvalue weighted by Crippen LogP contribution is -2.52. The number of carbonyl (C=O) groups excluding carboxylic acids is 2. The maximum atomic E-state index is 13.1. The molecule has 1 N–H and O–H groups in total. The van der Waals surface area contributed by atoms with E-state index >= 15 is 0 Å². The third kappa shape index (κ3) is 5.53. The summed E-state index contributed by atoms with van der Waals surface area (Å²) in [4.78, 5) is 30.5. The molecular weight excluding hydrogens is 362 g/mol. The Morgan fingerprint density at radius 1 is 1.26 bits per heavy atom. The maximum Gasteiger partial charge on any atom is 0.262 e. The first-order valence-electron chi connectivity index (χ1n) is 10.0. The van der Waals surface area contributed by atoms with E-state index in [9.17, 15) is 9.59 Å². The van der Waals surface area contributed by atoms with Crippen LogP contribution in [0.3, 0.4) is 0 Å². The predicted molar refractivity (Wildman–Crippen MR) is 107 cm³/mol. The van der Waals surface area contributed by atoms with Crippen molar-refractivity contribution in [2.45, 2.75) is 45.3 Å². The second-order valence-electron chi connectivity index (χ2n) is 7.79. The van der Waals surface area contributed by atoms with Crippen LogP contribution in [-0.2, 0) is 9.53 Å². The molecule has 2 saturated heterocycles. The molecule has 2 aliphatic rings. The smallest absolute Gasteiger partial charge is 0.262 e. The lowest BCUT2D eigenvalue weighted by atomic mass is 10.0. The Balaban J connectivity index is 1.56. The normalized spacial score (nSPS) is 22.6. The van der Waals surface area contributed by atoms with Crippen molar-refractivity contribution in [3.05, 3.63) is 22.4 Å². The van der Waals surface area contributed by atoms with Gasteiger partial charge in [-0.25, -0.2) is 0 Å². The molecule has 1 aromatic heterocycles. The van der Waals surface area contributed by atoms with Gasteiger partial charge in [-0.2, -0.15) is 0 Å². The van der Waals surface area contributed by atoms with Crippen LogP contribution in [0.5, 0.6) is 0 Å². The van der Waals surface area contributed by atoms with E-state index in [0.717, 1.165) is 52.0 Å². The van der Waals surface area contributed by atoms with Crippen LogP contribution in [0.2, 0.25) is 0 Å². The van der Waals surface area contributed by atoms with Crippen molar-refractivity contribution in [1.29, 1.82) is 0 Å². The van der Waals surface area contributed by atoms with Crippen molar-refractivity contribution in [2.24, 2.45) is 5.92 Å². The van der Waals surface area contributed by atoms with Gasteiger partial charge in [0, 0.05) is 32.8 Å². The zero-order valence-corrected chi connectivity index (χ0v) is 17.2. The summed E-state index contributed by atoms with van der Waals surface area (Å²) < 4.78 is 5.75. The highest BCUT2D eigenvalue weighted by molar-refractivity contribution is 7.12. The van der Waals surface area contributed by atoms with Crippen LogP contribution in [0.4, 0.5) is 0 Å². The highest BCUT2D eigenvalue weighted by Gasteiger charge is 2.30. The highest BCUT2D eigenvalue weighted by Crippen LogP contribution is 2.16. The lowest BCUT2D eigenvalue weighted by molar-refractivity contribution is -0.134. The van der Waals surface area contributed by atoms with Crippen LogP contribution < -0.4 is 5.32 Å². The van der Waals surface area contributed by atoms with Crippen molar-refractivity contribution in [3.63, 3.8) is 0 Å². The minimum Gasteiger partial charge on any atom is -0.377 e. The number of ether oxygens (including phenoxy) is 1. The molecule has 0 aliphatic carbocycles. The van der Waals surface area contributed by atoms with Crippen LogP contribution in [-0.4, -0.2) is 73.1 Å². The molecule has 2 aliphatic heterocycles. The molecule has 2 amide bonds. The number of nitrogens with zero attached hydrogens (tertiary/aromatic N) is 2. The van der Waals surface area contributed by atoms with Gasteiger partial charge in [0.15, 0.2) is 0 Å². The van der Waals surface area contributed by atoms with Crippen molar-refractivity contribution in [2.75, 3.05) is 39.3 Å². The van der Waals surface area contributed by atoms with Crippen LogP contribution in [0, 0.1) is 5.92 Å². The lowest BCUT2D eigenvalue weighted by Gasteiger charge is -2.29. The largest absolute Gasteiger partial charge is 0.377 e. The fraction of sp³-hybridized carbons (Fsp3) is 0.700. The second kappa shape index (κ2) is 9.66. The summed E-state index contributed by atoms with van der Waals surface area (Å²) in [5, 5.41) is 4.83. The summed E-state index contributed by atoms with van der Waals surface area (Å²) in [6, 6.07) is 3.16. The summed E-state index contributed by atoms with van der Waals surface area (Å²) in [5.41, 5.74) is 0. The molecule has 0 radical (unpaired) electrons. The molecule has 6 nitrogen and oxygen atoms in total. The fourth-order valence-corrected chi connectivity index (χ4v) is 4.41. The molecule has 0 bridgehead atoms. The fourth-order valence-electron chi connectivity index (χ4n) is 3.78. The number of carbonyl (C=O) groups is 2. The Hall–Kier alpha value is -1.44. The van der Waals surface area contributed by atoms with Crippen LogP contribution in [0.1, 0.15) is 42.8 Å². The summed E-state index contributed by atoms with van der Waals surface area (Å²) in [6.07, 6.45) is 3.61. The minimum atomic E-state index is -0.482. The van der Waals surface area contributed by atoms with Crippen molar-refractivity contribution in [1.82, 2.24) is 15.1 Å². The van der Waals surface area contributed by atoms with Gasteiger partial charge >= 0.3 is 0 Å². The molecule has 2 fully saturated rings. The van der Waals surface area contributed by atoms with E-state index in [1.807, 2.05) is 30.2 Å². The first-order valence-corrected chi connectivity index (χ1v) is 10.9. The molecule has 0 saturated carbocycles. The number of hydrogen-bond acceptors (Lipinski definition) is 5. The van der Waals surface area contributed by atoms with Gasteiger partial charge in [-0.3, -0.25) is 14.5 Å². The third-order valence-electron chi connectivity index (χ3n) is 5.35. The Morgan fingerprint density at radius 3 is 2.78 bits per heavy atom. The zero-order valence-electron chi connectivity index (χ0n) is 16.4. The molecule has 0 aromatic carbocycles. The van der Waals surface area contributed by atoms with E-state index in [-0.39, 0.29) is 17.7 Å². The summed E-state index contributed by atoms with van der Waals surface area (Å²) in [7, 11) is 0. The Kier molecular flexibility index (Phi) is 7.26. The third-order valence-corrected chi connectivity index (χ3v) is 6.22. The van der Waals surface area contributed by atoms with Gasteiger partial charge < -0.3 is 15.0 Å². The summed E-state index contributed by atoms with van der Waals surface area (Å²) >= 11 is 1.40. The minimum absolute atomic E-state index is 0.0360. The van der Waals surface area contributed by atoms with Gasteiger partial charge in [0.25, 0.3) is 5.91 Å². The van der Waals surface area contributed by atoms with Gasteiger partial charge in [-0.15, -0.1) is 11.3 Å². The monoisotopic (exact) mass is 393 g/mol. The second-order valence-corrected chi connectivity index (χ2v) is 8.73. The standard InChI is InChI=1S/C20H31N3O3S/c1-15(2)18(21-19(24)17-7-4-13-27-17)20(25)23-9-5-8-22(10-11-23)14-16-6-3-12-26-16/h4,7,13,15-16,18H,3,5-6,8-12,14H2,1-2H3,(H,21,24).